The van der Waals surface area contributed by atoms with Crippen molar-refractivity contribution < 1.29 is 0 Å². The van der Waals surface area contributed by atoms with Crippen molar-refractivity contribution in [3.8, 4) is 0 Å². The predicted molar refractivity (Wildman–Crippen MR) is 60.9 cm³/mol. The van der Waals surface area contributed by atoms with Crippen LogP contribution in [0.3, 0.4) is 0 Å². The Kier molecular flexibility index (Phi) is 5.04. The van der Waals surface area contributed by atoms with Gasteiger partial charge in [-0.2, -0.15) is 0 Å². The predicted octanol–water partition coefficient (Wildman–Crippen LogP) is 2.20. The Labute approximate surface area is 89.9 Å². The Morgan fingerprint density at radius 2 is 2.00 bits per heavy atom. The molecule has 1 rings (SSSR count). The van der Waals surface area contributed by atoms with Crippen molar-refractivity contribution in [2.75, 3.05) is 13.6 Å². The second-order valence-electron chi connectivity index (χ2n) is 3.40. The highest BCUT2D eigenvalue weighted by molar-refractivity contribution is 7.11. The van der Waals surface area contributed by atoms with Crippen molar-refractivity contribution in [1.29, 1.82) is 0 Å². The topological polar surface area (TPSA) is 37.8 Å². The summed E-state index contributed by atoms with van der Waals surface area (Å²) in [6.45, 7) is 5.41. The van der Waals surface area contributed by atoms with Crippen LogP contribution in [0.4, 0.5) is 0 Å². The average molecular weight is 213 g/mol. The maximum atomic E-state index is 4.25. The lowest BCUT2D eigenvalue weighted by Gasteiger charge is -2.05. The first-order chi connectivity index (χ1) is 6.81. The van der Waals surface area contributed by atoms with Gasteiger partial charge in [0.15, 0.2) is 0 Å². The molecule has 0 atom stereocenters. The van der Waals surface area contributed by atoms with Crippen molar-refractivity contribution in [2.45, 2.75) is 39.0 Å². The molecule has 0 aliphatic carbocycles. The van der Waals surface area contributed by atoms with Gasteiger partial charge in [-0.25, -0.2) is 0 Å². The van der Waals surface area contributed by atoms with Gasteiger partial charge < -0.3 is 5.32 Å². The van der Waals surface area contributed by atoms with Gasteiger partial charge >= 0.3 is 0 Å². The monoisotopic (exact) mass is 213 g/mol. The van der Waals surface area contributed by atoms with E-state index in [2.05, 4.69) is 29.4 Å². The van der Waals surface area contributed by atoms with Crippen LogP contribution in [0.2, 0.25) is 0 Å². The Morgan fingerprint density at radius 1 is 1.29 bits per heavy atom. The highest BCUT2D eigenvalue weighted by atomic mass is 32.1. The lowest BCUT2D eigenvalue weighted by molar-refractivity contribution is 0.629. The molecule has 0 unspecified atom stereocenters. The van der Waals surface area contributed by atoms with E-state index in [1.165, 1.54) is 5.01 Å². The van der Waals surface area contributed by atoms with Crippen molar-refractivity contribution in [3.63, 3.8) is 0 Å². The van der Waals surface area contributed by atoms with Crippen LogP contribution in [0, 0.1) is 0 Å². The molecule has 1 aromatic heterocycles. The fourth-order valence-corrected chi connectivity index (χ4v) is 2.51. The molecule has 0 aromatic carbocycles. The minimum atomic E-state index is 0.607. The van der Waals surface area contributed by atoms with Crippen LogP contribution >= 0.6 is 11.3 Å². The molecule has 0 fully saturated rings. The number of hydrogen-bond acceptors (Lipinski definition) is 4. The van der Waals surface area contributed by atoms with Gasteiger partial charge in [0.05, 0.1) is 0 Å². The maximum absolute atomic E-state index is 4.25. The number of hydrogen-bond donors (Lipinski definition) is 1. The third-order valence-corrected chi connectivity index (χ3v) is 3.55. The van der Waals surface area contributed by atoms with Crippen LogP contribution in [0.25, 0.3) is 0 Å². The van der Waals surface area contributed by atoms with Gasteiger partial charge in [0.1, 0.15) is 10.0 Å². The summed E-state index contributed by atoms with van der Waals surface area (Å²) in [5, 5.41) is 13.9. The third kappa shape index (κ3) is 3.03. The Hall–Kier alpha value is -0.480. The van der Waals surface area contributed by atoms with Gasteiger partial charge in [-0.15, -0.1) is 21.5 Å². The number of aromatic nitrogens is 2. The van der Waals surface area contributed by atoms with Crippen molar-refractivity contribution in [1.82, 2.24) is 15.5 Å². The number of nitrogens with one attached hydrogen (secondary N) is 1. The molecule has 80 valence electrons. The summed E-state index contributed by atoms with van der Waals surface area (Å²) in [5.41, 5.74) is 0. The smallest absolute Gasteiger partial charge is 0.120 e. The molecule has 0 saturated heterocycles. The van der Waals surface area contributed by atoms with Crippen LogP contribution < -0.4 is 5.32 Å². The summed E-state index contributed by atoms with van der Waals surface area (Å²) in [6, 6.07) is 0. The molecule has 0 aliphatic heterocycles. The van der Waals surface area contributed by atoms with Gasteiger partial charge in [-0.3, -0.25) is 0 Å². The molecule has 14 heavy (non-hydrogen) atoms. The third-order valence-electron chi connectivity index (χ3n) is 2.41. The molecule has 0 amide bonds. The molecule has 0 bridgehead atoms. The zero-order chi connectivity index (χ0) is 10.4. The number of nitrogens with zero attached hydrogens (tertiary/aromatic N) is 2. The maximum Gasteiger partial charge on any atom is 0.120 e. The first kappa shape index (κ1) is 11.6. The summed E-state index contributed by atoms with van der Waals surface area (Å²) in [7, 11) is 1.96. The fraction of sp³-hybridized carbons (Fsp3) is 0.800. The van der Waals surface area contributed by atoms with Crippen LogP contribution in [0.15, 0.2) is 0 Å². The molecule has 0 spiro atoms. The lowest BCUT2D eigenvalue weighted by Crippen LogP contribution is -2.09. The van der Waals surface area contributed by atoms with E-state index in [4.69, 9.17) is 0 Å². The second-order valence-corrected chi connectivity index (χ2v) is 4.49. The van der Waals surface area contributed by atoms with E-state index in [9.17, 15) is 0 Å². The fourth-order valence-electron chi connectivity index (χ4n) is 1.40. The molecule has 0 saturated carbocycles. The standard InChI is InChI=1S/C10H19N3S/c1-4-8(5-2)10-13-12-9(14-10)6-7-11-3/h8,11H,4-7H2,1-3H3. The summed E-state index contributed by atoms with van der Waals surface area (Å²) in [5.74, 6) is 0.607. The van der Waals surface area contributed by atoms with Crippen molar-refractivity contribution in [2.24, 2.45) is 0 Å². The SMILES string of the molecule is CCC(CC)c1nnc(CCNC)s1. The highest BCUT2D eigenvalue weighted by Gasteiger charge is 2.12. The first-order valence-electron chi connectivity index (χ1n) is 5.28. The summed E-state index contributed by atoms with van der Waals surface area (Å²) >= 11 is 1.77. The van der Waals surface area contributed by atoms with Crippen LogP contribution in [0.1, 0.15) is 42.6 Å². The molecule has 1 heterocycles. The van der Waals surface area contributed by atoms with E-state index in [1.807, 2.05) is 7.05 Å². The van der Waals surface area contributed by atoms with Gasteiger partial charge in [0.2, 0.25) is 0 Å². The largest absolute Gasteiger partial charge is 0.319 e. The van der Waals surface area contributed by atoms with Crippen LogP contribution in [-0.4, -0.2) is 23.8 Å². The number of likely N-dealkylation sites (N-methyl/N-ethyl adjacent to an activating group) is 1. The van der Waals surface area contributed by atoms with E-state index in [0.717, 1.165) is 30.8 Å². The first-order valence-corrected chi connectivity index (χ1v) is 6.10. The Bertz CT molecular complexity index is 256. The zero-order valence-corrected chi connectivity index (χ0v) is 10.0. The molecule has 1 aromatic rings. The molecule has 1 N–H and O–H groups in total. The zero-order valence-electron chi connectivity index (χ0n) is 9.21. The van der Waals surface area contributed by atoms with E-state index in [1.54, 1.807) is 11.3 Å². The molecular weight excluding hydrogens is 194 g/mol. The molecule has 3 nitrogen and oxygen atoms in total. The quantitative estimate of drug-likeness (QED) is 0.787. The average Bonchev–Trinajstić information content (AvgIpc) is 2.65. The van der Waals surface area contributed by atoms with Crippen molar-refractivity contribution >= 4 is 11.3 Å². The minimum absolute atomic E-state index is 0.607. The molecule has 0 radical (unpaired) electrons. The molecule has 0 aliphatic rings. The van der Waals surface area contributed by atoms with Crippen LogP contribution in [0.5, 0.6) is 0 Å². The summed E-state index contributed by atoms with van der Waals surface area (Å²) in [6.07, 6.45) is 3.32. The molecule has 4 heteroatoms. The van der Waals surface area contributed by atoms with Gasteiger partial charge in [0.25, 0.3) is 0 Å². The lowest BCUT2D eigenvalue weighted by atomic mass is 10.1. The van der Waals surface area contributed by atoms with Gasteiger partial charge in [-0.05, 0) is 19.9 Å². The van der Waals surface area contributed by atoms with Gasteiger partial charge in [-0.1, -0.05) is 13.8 Å². The minimum Gasteiger partial charge on any atom is -0.319 e. The van der Waals surface area contributed by atoms with Crippen LogP contribution in [-0.2, 0) is 6.42 Å². The van der Waals surface area contributed by atoms with E-state index < -0.39 is 0 Å². The number of rotatable bonds is 6. The normalized spacial score (nSPS) is 11.1. The Balaban J connectivity index is 2.57. The molecular formula is C10H19N3S. The van der Waals surface area contributed by atoms with Gasteiger partial charge in [0, 0.05) is 18.9 Å². The summed E-state index contributed by atoms with van der Waals surface area (Å²) < 4.78 is 0. The summed E-state index contributed by atoms with van der Waals surface area (Å²) in [4.78, 5) is 0. The van der Waals surface area contributed by atoms with E-state index in [0.29, 0.717) is 5.92 Å². The second kappa shape index (κ2) is 6.09. The Morgan fingerprint density at radius 3 is 2.57 bits per heavy atom. The van der Waals surface area contributed by atoms with E-state index in [-0.39, 0.29) is 0 Å². The highest BCUT2D eigenvalue weighted by Crippen LogP contribution is 2.25. The van der Waals surface area contributed by atoms with Crippen molar-refractivity contribution in [3.05, 3.63) is 10.0 Å². The van der Waals surface area contributed by atoms with E-state index >= 15 is 0 Å².